The fourth-order valence-electron chi connectivity index (χ4n) is 1.47. The number of benzene rings is 1. The number of hydrogen-bond acceptors (Lipinski definition) is 2. The summed E-state index contributed by atoms with van der Waals surface area (Å²) in [7, 11) is 1.65. The highest BCUT2D eigenvalue weighted by molar-refractivity contribution is 9.10. The first kappa shape index (κ1) is 12.5. The molecule has 1 aromatic carbocycles. The molecule has 3 heteroatoms. The number of methoxy groups -OCH3 is 1. The van der Waals surface area contributed by atoms with Crippen molar-refractivity contribution in [3.8, 4) is 5.75 Å². The van der Waals surface area contributed by atoms with E-state index in [1.54, 1.807) is 7.11 Å². The van der Waals surface area contributed by atoms with Crippen LogP contribution in [-0.2, 0) is 5.41 Å². The molecule has 0 atom stereocenters. The van der Waals surface area contributed by atoms with Gasteiger partial charge in [-0.3, -0.25) is 0 Å². The molecule has 2 nitrogen and oxygen atoms in total. The molecule has 84 valence electrons. The zero-order chi connectivity index (χ0) is 11.6. The minimum Gasteiger partial charge on any atom is -0.495 e. The fraction of sp³-hybridized carbons (Fsp3) is 0.500. The van der Waals surface area contributed by atoms with E-state index in [0.717, 1.165) is 21.3 Å². The zero-order valence-corrected chi connectivity index (χ0v) is 11.2. The monoisotopic (exact) mass is 272 g/mol. The van der Waals surface area contributed by atoms with Crippen LogP contribution in [0.5, 0.6) is 5.75 Å². The van der Waals surface area contributed by atoms with Crippen molar-refractivity contribution in [1.29, 1.82) is 0 Å². The van der Waals surface area contributed by atoms with Crippen molar-refractivity contribution in [2.24, 2.45) is 0 Å². The first-order chi connectivity index (χ1) is 6.94. The van der Waals surface area contributed by atoms with Crippen LogP contribution in [0.2, 0.25) is 0 Å². The largest absolute Gasteiger partial charge is 0.495 e. The number of halogens is 1. The molecule has 0 saturated carbocycles. The highest BCUT2D eigenvalue weighted by Gasteiger charge is 2.25. The third kappa shape index (κ3) is 2.34. The number of ether oxygens (including phenoxy) is 1. The number of aliphatic hydroxyl groups is 1. The Labute approximate surface area is 99.4 Å². The van der Waals surface area contributed by atoms with E-state index in [0.29, 0.717) is 0 Å². The molecule has 0 aliphatic heterocycles. The van der Waals surface area contributed by atoms with Gasteiger partial charge in [-0.1, -0.05) is 26.0 Å². The number of hydrogen-bond donors (Lipinski definition) is 1. The maximum Gasteiger partial charge on any atom is 0.137 e. The summed E-state index contributed by atoms with van der Waals surface area (Å²) < 4.78 is 6.35. The van der Waals surface area contributed by atoms with Crippen LogP contribution in [0.3, 0.4) is 0 Å². The molecule has 0 aromatic heterocycles. The molecular weight excluding hydrogens is 256 g/mol. The van der Waals surface area contributed by atoms with Crippen LogP contribution in [0.1, 0.15) is 25.0 Å². The molecule has 0 aliphatic rings. The molecule has 0 saturated heterocycles. The molecule has 0 heterocycles. The predicted octanol–water partition coefficient (Wildman–Crippen LogP) is 3.04. The second-order valence-corrected chi connectivity index (χ2v) is 5.11. The van der Waals surface area contributed by atoms with E-state index in [1.165, 1.54) is 0 Å². The van der Waals surface area contributed by atoms with Crippen LogP contribution >= 0.6 is 15.9 Å². The summed E-state index contributed by atoms with van der Waals surface area (Å²) in [6, 6.07) is 4.04. The molecule has 0 amide bonds. The molecule has 0 bridgehead atoms. The minimum atomic E-state index is -0.290. The molecule has 0 fully saturated rings. The molecule has 15 heavy (non-hydrogen) atoms. The van der Waals surface area contributed by atoms with E-state index in [9.17, 15) is 5.11 Å². The van der Waals surface area contributed by atoms with Crippen molar-refractivity contribution in [2.75, 3.05) is 13.7 Å². The van der Waals surface area contributed by atoms with Gasteiger partial charge in [0.1, 0.15) is 5.75 Å². The summed E-state index contributed by atoms with van der Waals surface area (Å²) >= 11 is 3.51. The second kappa shape index (κ2) is 4.54. The lowest BCUT2D eigenvalue weighted by Gasteiger charge is -2.25. The number of aliphatic hydroxyl groups excluding tert-OH is 1. The highest BCUT2D eigenvalue weighted by atomic mass is 79.9. The smallest absolute Gasteiger partial charge is 0.137 e. The van der Waals surface area contributed by atoms with Gasteiger partial charge in [0.05, 0.1) is 18.2 Å². The van der Waals surface area contributed by atoms with E-state index in [1.807, 2.05) is 32.9 Å². The Balaban J connectivity index is 3.37. The van der Waals surface area contributed by atoms with Crippen LogP contribution in [0, 0.1) is 6.92 Å². The van der Waals surface area contributed by atoms with Crippen molar-refractivity contribution in [3.63, 3.8) is 0 Å². The normalized spacial score (nSPS) is 11.6. The highest BCUT2D eigenvalue weighted by Crippen LogP contribution is 2.38. The lowest BCUT2D eigenvalue weighted by Crippen LogP contribution is -2.23. The average Bonchev–Trinajstić information content (AvgIpc) is 2.21. The molecule has 0 unspecified atom stereocenters. The Morgan fingerprint density at radius 2 is 2.00 bits per heavy atom. The van der Waals surface area contributed by atoms with Crippen molar-refractivity contribution in [2.45, 2.75) is 26.2 Å². The van der Waals surface area contributed by atoms with Crippen LogP contribution in [0.25, 0.3) is 0 Å². The van der Waals surface area contributed by atoms with Gasteiger partial charge >= 0.3 is 0 Å². The fourth-order valence-corrected chi connectivity index (χ4v) is 1.98. The Hall–Kier alpha value is -0.540. The Bertz CT molecular complexity index is 359. The van der Waals surface area contributed by atoms with Crippen molar-refractivity contribution in [3.05, 3.63) is 27.7 Å². The number of aryl methyl sites for hydroxylation is 1. The van der Waals surface area contributed by atoms with Crippen LogP contribution < -0.4 is 4.74 Å². The predicted molar refractivity (Wildman–Crippen MR) is 65.5 cm³/mol. The molecule has 0 aliphatic carbocycles. The summed E-state index contributed by atoms with van der Waals surface area (Å²) in [5.41, 5.74) is 1.86. The average molecular weight is 273 g/mol. The molecule has 0 radical (unpaired) electrons. The van der Waals surface area contributed by atoms with Gasteiger partial charge in [0.2, 0.25) is 0 Å². The summed E-state index contributed by atoms with van der Waals surface area (Å²) in [4.78, 5) is 0. The topological polar surface area (TPSA) is 29.5 Å². The summed E-state index contributed by atoms with van der Waals surface area (Å²) in [5, 5.41) is 9.36. The van der Waals surface area contributed by atoms with Gasteiger partial charge in [-0.15, -0.1) is 0 Å². The van der Waals surface area contributed by atoms with E-state index in [-0.39, 0.29) is 12.0 Å². The zero-order valence-electron chi connectivity index (χ0n) is 9.60. The standard InChI is InChI=1S/C12H17BrO2/c1-8-5-6-9(12(2,3)7-14)11(15-4)10(8)13/h5-6,14H,7H2,1-4H3. The third-order valence-corrected chi connectivity index (χ3v) is 3.60. The number of rotatable bonds is 3. The molecular formula is C12H17BrO2. The van der Waals surface area contributed by atoms with Gasteiger partial charge in [0.15, 0.2) is 0 Å². The van der Waals surface area contributed by atoms with Crippen LogP contribution in [-0.4, -0.2) is 18.8 Å². The van der Waals surface area contributed by atoms with Gasteiger partial charge in [-0.25, -0.2) is 0 Å². The van der Waals surface area contributed by atoms with E-state index in [4.69, 9.17) is 4.74 Å². The SMILES string of the molecule is COc1c(C(C)(C)CO)ccc(C)c1Br. The summed E-state index contributed by atoms with van der Waals surface area (Å²) in [6.45, 7) is 6.10. The lowest BCUT2D eigenvalue weighted by molar-refractivity contribution is 0.214. The lowest BCUT2D eigenvalue weighted by atomic mass is 9.84. The Morgan fingerprint density at radius 3 is 2.47 bits per heavy atom. The van der Waals surface area contributed by atoms with Crippen molar-refractivity contribution in [1.82, 2.24) is 0 Å². The van der Waals surface area contributed by atoms with Crippen molar-refractivity contribution >= 4 is 15.9 Å². The van der Waals surface area contributed by atoms with Gasteiger partial charge < -0.3 is 9.84 Å². The van der Waals surface area contributed by atoms with Gasteiger partial charge in [-0.2, -0.15) is 0 Å². The maximum absolute atomic E-state index is 9.36. The Morgan fingerprint density at radius 1 is 1.40 bits per heavy atom. The quantitative estimate of drug-likeness (QED) is 0.917. The first-order valence-corrected chi connectivity index (χ1v) is 5.67. The summed E-state index contributed by atoms with van der Waals surface area (Å²) in [6.07, 6.45) is 0. The first-order valence-electron chi connectivity index (χ1n) is 4.88. The van der Waals surface area contributed by atoms with Crippen LogP contribution in [0.4, 0.5) is 0 Å². The minimum absolute atomic E-state index is 0.0961. The second-order valence-electron chi connectivity index (χ2n) is 4.32. The van der Waals surface area contributed by atoms with Crippen LogP contribution in [0.15, 0.2) is 16.6 Å². The molecule has 1 aromatic rings. The van der Waals surface area contributed by atoms with E-state index < -0.39 is 0 Å². The van der Waals surface area contributed by atoms with Gasteiger partial charge in [0, 0.05) is 11.0 Å². The summed E-state index contributed by atoms with van der Waals surface area (Å²) in [5.74, 6) is 0.814. The maximum atomic E-state index is 9.36. The van der Waals surface area contributed by atoms with Gasteiger partial charge in [-0.05, 0) is 28.4 Å². The van der Waals surface area contributed by atoms with E-state index >= 15 is 0 Å². The van der Waals surface area contributed by atoms with E-state index in [2.05, 4.69) is 15.9 Å². The molecule has 0 spiro atoms. The molecule has 1 rings (SSSR count). The third-order valence-electron chi connectivity index (χ3n) is 2.62. The molecule has 1 N–H and O–H groups in total. The Kier molecular flexibility index (Phi) is 3.79. The van der Waals surface area contributed by atoms with Crippen molar-refractivity contribution < 1.29 is 9.84 Å². The van der Waals surface area contributed by atoms with Gasteiger partial charge in [0.25, 0.3) is 0 Å².